The number of hydrogen-bond donors (Lipinski definition) is 2. The first-order valence-electron chi connectivity index (χ1n) is 9.14. The van der Waals surface area contributed by atoms with Crippen LogP contribution in [0.2, 0.25) is 5.02 Å². The van der Waals surface area contributed by atoms with Gasteiger partial charge in [-0.3, -0.25) is 4.79 Å². The fourth-order valence-corrected chi connectivity index (χ4v) is 4.31. The molecule has 4 heteroatoms. The Hall–Kier alpha value is -2.26. The van der Waals surface area contributed by atoms with Crippen molar-refractivity contribution in [2.45, 2.75) is 45.6 Å². The normalized spacial score (nSPS) is 16.5. The molecule has 2 aromatic carbocycles. The first-order valence-corrected chi connectivity index (χ1v) is 9.52. The second-order valence-electron chi connectivity index (χ2n) is 7.34. The summed E-state index contributed by atoms with van der Waals surface area (Å²) in [5, 5.41) is 5.20. The smallest absolute Gasteiger partial charge is 0.224 e. The lowest BCUT2D eigenvalue weighted by Gasteiger charge is -2.24. The predicted molar refractivity (Wildman–Crippen MR) is 107 cm³/mol. The molecule has 0 radical (unpaired) electrons. The molecule has 3 aromatic rings. The molecule has 1 atom stereocenters. The van der Waals surface area contributed by atoms with Crippen LogP contribution < -0.4 is 5.32 Å². The van der Waals surface area contributed by atoms with E-state index >= 15 is 0 Å². The minimum atomic E-state index is 0.0989. The van der Waals surface area contributed by atoms with Crippen LogP contribution in [0.1, 0.15) is 34.4 Å². The number of rotatable bonds is 3. The Morgan fingerprint density at radius 1 is 1.23 bits per heavy atom. The van der Waals surface area contributed by atoms with Crippen molar-refractivity contribution in [1.82, 2.24) is 10.3 Å². The van der Waals surface area contributed by atoms with Crippen molar-refractivity contribution in [3.63, 3.8) is 0 Å². The zero-order valence-electron chi connectivity index (χ0n) is 15.2. The lowest BCUT2D eigenvalue weighted by atomic mass is 9.91. The molecule has 4 rings (SSSR count). The number of carbonyl (C=O) groups is 1. The van der Waals surface area contributed by atoms with E-state index in [2.05, 4.69) is 17.2 Å². The highest BCUT2D eigenvalue weighted by Crippen LogP contribution is 2.33. The van der Waals surface area contributed by atoms with E-state index in [0.717, 1.165) is 35.4 Å². The maximum absolute atomic E-state index is 12.5. The average molecular weight is 367 g/mol. The van der Waals surface area contributed by atoms with E-state index in [1.54, 1.807) is 0 Å². The van der Waals surface area contributed by atoms with Gasteiger partial charge in [0, 0.05) is 27.7 Å². The number of fused-ring (bicyclic) bond motifs is 3. The Morgan fingerprint density at radius 3 is 2.85 bits per heavy atom. The number of hydrogen-bond acceptors (Lipinski definition) is 1. The van der Waals surface area contributed by atoms with E-state index < -0.39 is 0 Å². The first kappa shape index (κ1) is 17.2. The molecular formula is C22H23ClN2O. The van der Waals surface area contributed by atoms with Crippen LogP contribution in [0.3, 0.4) is 0 Å². The number of benzene rings is 2. The third-order valence-corrected chi connectivity index (χ3v) is 5.65. The maximum Gasteiger partial charge on any atom is 0.224 e. The third-order valence-electron chi connectivity index (χ3n) is 5.44. The molecule has 1 heterocycles. The van der Waals surface area contributed by atoms with Crippen molar-refractivity contribution < 1.29 is 4.79 Å². The average Bonchev–Trinajstić information content (AvgIpc) is 2.95. The summed E-state index contributed by atoms with van der Waals surface area (Å²) < 4.78 is 0. The maximum atomic E-state index is 12.5. The minimum Gasteiger partial charge on any atom is -0.358 e. The van der Waals surface area contributed by atoms with Crippen molar-refractivity contribution >= 4 is 28.4 Å². The van der Waals surface area contributed by atoms with Gasteiger partial charge in [-0.15, -0.1) is 0 Å². The van der Waals surface area contributed by atoms with Crippen LogP contribution in [0.4, 0.5) is 0 Å². The molecule has 1 aromatic heterocycles. The van der Waals surface area contributed by atoms with Crippen molar-refractivity contribution in [3.8, 4) is 0 Å². The van der Waals surface area contributed by atoms with Crippen LogP contribution in [0.5, 0.6) is 0 Å². The number of aromatic nitrogens is 1. The molecule has 0 saturated heterocycles. The molecular weight excluding hydrogens is 344 g/mol. The quantitative estimate of drug-likeness (QED) is 0.696. The van der Waals surface area contributed by atoms with Crippen LogP contribution in [-0.2, 0) is 24.1 Å². The van der Waals surface area contributed by atoms with E-state index in [1.807, 2.05) is 43.3 Å². The summed E-state index contributed by atoms with van der Waals surface area (Å²) >= 11 is 6.27. The molecule has 134 valence electrons. The number of aryl methyl sites for hydroxylation is 3. The monoisotopic (exact) mass is 366 g/mol. The molecule has 0 unspecified atom stereocenters. The van der Waals surface area contributed by atoms with Gasteiger partial charge in [-0.1, -0.05) is 35.9 Å². The van der Waals surface area contributed by atoms with Crippen LogP contribution in [-0.4, -0.2) is 16.9 Å². The number of H-pyrrole nitrogens is 1. The second-order valence-corrected chi connectivity index (χ2v) is 7.77. The molecule has 0 spiro atoms. The van der Waals surface area contributed by atoms with Gasteiger partial charge in [0.05, 0.1) is 6.42 Å². The molecule has 26 heavy (non-hydrogen) atoms. The van der Waals surface area contributed by atoms with Gasteiger partial charge in [-0.05, 0) is 67.5 Å². The van der Waals surface area contributed by atoms with Crippen LogP contribution in [0.15, 0.2) is 36.4 Å². The summed E-state index contributed by atoms with van der Waals surface area (Å²) in [6.07, 6.45) is 3.21. The van der Waals surface area contributed by atoms with Crippen molar-refractivity contribution in [3.05, 3.63) is 69.4 Å². The first-order chi connectivity index (χ1) is 12.5. The SMILES string of the molecule is Cc1ccccc1CC(=O)N[C@@H]1CCc2[nH]c3c(C)cc(Cl)cc3c2C1. The Bertz CT molecular complexity index is 989. The van der Waals surface area contributed by atoms with E-state index in [4.69, 9.17) is 11.6 Å². The number of aromatic amines is 1. The molecule has 0 fully saturated rings. The van der Waals surface area contributed by atoms with Gasteiger partial charge in [0.2, 0.25) is 5.91 Å². The highest BCUT2D eigenvalue weighted by molar-refractivity contribution is 6.31. The van der Waals surface area contributed by atoms with Gasteiger partial charge in [-0.2, -0.15) is 0 Å². The number of amides is 1. The van der Waals surface area contributed by atoms with Gasteiger partial charge >= 0.3 is 0 Å². The zero-order chi connectivity index (χ0) is 18.3. The number of halogens is 1. The Labute approximate surface area is 158 Å². The zero-order valence-corrected chi connectivity index (χ0v) is 15.9. The lowest BCUT2D eigenvalue weighted by molar-refractivity contribution is -0.121. The van der Waals surface area contributed by atoms with Gasteiger partial charge in [0.1, 0.15) is 0 Å². The van der Waals surface area contributed by atoms with Crippen molar-refractivity contribution in [2.75, 3.05) is 0 Å². The highest BCUT2D eigenvalue weighted by Gasteiger charge is 2.24. The van der Waals surface area contributed by atoms with Crippen LogP contribution >= 0.6 is 11.6 Å². The standard InChI is InChI=1S/C22H23ClN2O/c1-13-5-3-4-6-15(13)10-21(26)24-17-7-8-20-18(12-17)19-11-16(23)9-14(2)22(19)25-20/h3-6,9,11,17,25H,7-8,10,12H2,1-2H3,(H,24,26)/t17-/m1/s1. The van der Waals surface area contributed by atoms with Crippen LogP contribution in [0.25, 0.3) is 10.9 Å². The lowest BCUT2D eigenvalue weighted by Crippen LogP contribution is -2.39. The topological polar surface area (TPSA) is 44.9 Å². The summed E-state index contributed by atoms with van der Waals surface area (Å²) in [6, 6.07) is 12.3. The molecule has 3 nitrogen and oxygen atoms in total. The minimum absolute atomic E-state index is 0.0989. The molecule has 0 saturated carbocycles. The van der Waals surface area contributed by atoms with Gasteiger partial charge in [0.15, 0.2) is 0 Å². The molecule has 1 aliphatic carbocycles. The second kappa shape index (κ2) is 6.81. The molecule has 0 bridgehead atoms. The molecule has 0 aliphatic heterocycles. The Kier molecular flexibility index (Phi) is 4.49. The number of carbonyl (C=O) groups excluding carboxylic acids is 1. The number of nitrogens with one attached hydrogen (secondary N) is 2. The summed E-state index contributed by atoms with van der Waals surface area (Å²) in [6.45, 7) is 4.13. The molecule has 1 amide bonds. The fraction of sp³-hybridized carbons (Fsp3) is 0.318. The van der Waals surface area contributed by atoms with E-state index in [0.29, 0.717) is 6.42 Å². The summed E-state index contributed by atoms with van der Waals surface area (Å²) in [4.78, 5) is 16.1. The van der Waals surface area contributed by atoms with Gasteiger partial charge in [-0.25, -0.2) is 0 Å². The fourth-order valence-electron chi connectivity index (χ4n) is 4.03. The highest BCUT2D eigenvalue weighted by atomic mass is 35.5. The van der Waals surface area contributed by atoms with E-state index in [9.17, 15) is 4.79 Å². The summed E-state index contributed by atoms with van der Waals surface area (Å²) in [7, 11) is 0. The van der Waals surface area contributed by atoms with E-state index in [1.165, 1.54) is 27.7 Å². The van der Waals surface area contributed by atoms with Crippen LogP contribution in [0, 0.1) is 13.8 Å². The van der Waals surface area contributed by atoms with Crippen molar-refractivity contribution in [1.29, 1.82) is 0 Å². The Morgan fingerprint density at radius 2 is 2.04 bits per heavy atom. The molecule has 1 aliphatic rings. The summed E-state index contributed by atoms with van der Waals surface area (Å²) in [5.41, 5.74) is 7.19. The Balaban J connectivity index is 1.51. The van der Waals surface area contributed by atoms with Gasteiger partial charge < -0.3 is 10.3 Å². The van der Waals surface area contributed by atoms with Crippen molar-refractivity contribution in [2.24, 2.45) is 0 Å². The largest absolute Gasteiger partial charge is 0.358 e. The third kappa shape index (κ3) is 3.24. The summed E-state index contributed by atoms with van der Waals surface area (Å²) in [5.74, 6) is 0.0989. The predicted octanol–water partition coefficient (Wildman–Crippen LogP) is 4.65. The van der Waals surface area contributed by atoms with Gasteiger partial charge in [0.25, 0.3) is 0 Å². The molecule has 2 N–H and O–H groups in total. The van der Waals surface area contributed by atoms with E-state index in [-0.39, 0.29) is 11.9 Å².